The summed E-state index contributed by atoms with van der Waals surface area (Å²) in [6.07, 6.45) is 0.914. The fourth-order valence-corrected chi connectivity index (χ4v) is 1.73. The Morgan fingerprint density at radius 2 is 2.55 bits per heavy atom. The molecule has 4 heteroatoms. The number of fused-ring (bicyclic) bond motifs is 1. The summed E-state index contributed by atoms with van der Waals surface area (Å²) in [6.45, 7) is 1.79. The predicted molar refractivity (Wildman–Crippen MR) is 39.3 cm³/mol. The first kappa shape index (κ1) is 6.91. The zero-order valence-electron chi connectivity index (χ0n) is 6.54. The lowest BCUT2D eigenvalue weighted by Gasteiger charge is -2.26. The number of carbonyl (C=O) groups is 1. The second-order valence-electron chi connectivity index (χ2n) is 3.09. The molecule has 2 aliphatic rings. The Morgan fingerprint density at radius 1 is 1.73 bits per heavy atom. The van der Waals surface area contributed by atoms with E-state index in [1.165, 1.54) is 0 Å². The molecule has 2 saturated heterocycles. The molecule has 2 heterocycles. The minimum absolute atomic E-state index is 0.0845. The highest BCUT2D eigenvalue weighted by Crippen LogP contribution is 2.21. The van der Waals surface area contributed by atoms with Gasteiger partial charge in [0.2, 0.25) is 0 Å². The van der Waals surface area contributed by atoms with Crippen LogP contribution in [-0.4, -0.2) is 43.3 Å². The number of carbonyl (C=O) groups excluding carboxylic acids is 1. The van der Waals surface area contributed by atoms with E-state index in [9.17, 15) is 4.79 Å². The molecule has 1 N–H and O–H groups in total. The van der Waals surface area contributed by atoms with Crippen LogP contribution in [0.25, 0.3) is 0 Å². The second-order valence-corrected chi connectivity index (χ2v) is 3.09. The van der Waals surface area contributed by atoms with E-state index in [1.807, 2.05) is 0 Å². The first-order valence-corrected chi connectivity index (χ1v) is 3.93. The van der Waals surface area contributed by atoms with Gasteiger partial charge in [-0.1, -0.05) is 0 Å². The summed E-state index contributed by atoms with van der Waals surface area (Å²) in [6, 6.07) is 0.309. The molecule has 2 atom stereocenters. The van der Waals surface area contributed by atoms with Crippen LogP contribution >= 0.6 is 0 Å². The van der Waals surface area contributed by atoms with Crippen LogP contribution in [0, 0.1) is 0 Å². The third-order valence-corrected chi connectivity index (χ3v) is 2.43. The van der Waals surface area contributed by atoms with E-state index in [0.29, 0.717) is 6.04 Å². The minimum Gasteiger partial charge on any atom is -0.443 e. The molecule has 2 aliphatic heterocycles. The SMILES string of the molecule is CN1C(=O)OC2CNCCC21. The summed E-state index contributed by atoms with van der Waals surface area (Å²) in [4.78, 5) is 12.7. The van der Waals surface area contributed by atoms with Gasteiger partial charge in [-0.2, -0.15) is 0 Å². The van der Waals surface area contributed by atoms with Crippen molar-refractivity contribution in [3.63, 3.8) is 0 Å². The standard InChI is InChI=1S/C7H12N2O2/c1-9-5-2-3-8-4-6(5)11-7(9)10/h5-6,8H,2-4H2,1H3. The van der Waals surface area contributed by atoms with E-state index in [4.69, 9.17) is 4.74 Å². The van der Waals surface area contributed by atoms with Gasteiger partial charge < -0.3 is 15.0 Å². The molecule has 1 amide bonds. The fourth-order valence-electron chi connectivity index (χ4n) is 1.73. The van der Waals surface area contributed by atoms with Crippen LogP contribution in [0.5, 0.6) is 0 Å². The molecule has 2 fully saturated rings. The van der Waals surface area contributed by atoms with E-state index in [1.54, 1.807) is 11.9 Å². The minimum atomic E-state index is -0.177. The van der Waals surface area contributed by atoms with Gasteiger partial charge >= 0.3 is 6.09 Å². The molecule has 62 valence electrons. The normalized spacial score (nSPS) is 36.8. The third kappa shape index (κ3) is 0.976. The number of rotatable bonds is 0. The topological polar surface area (TPSA) is 41.6 Å². The molecule has 0 aliphatic carbocycles. The molecular weight excluding hydrogens is 144 g/mol. The van der Waals surface area contributed by atoms with Gasteiger partial charge in [-0.05, 0) is 13.0 Å². The summed E-state index contributed by atoms with van der Waals surface area (Å²) < 4.78 is 5.10. The van der Waals surface area contributed by atoms with Crippen molar-refractivity contribution in [1.82, 2.24) is 10.2 Å². The van der Waals surface area contributed by atoms with E-state index < -0.39 is 0 Å². The molecule has 4 nitrogen and oxygen atoms in total. The van der Waals surface area contributed by atoms with Crippen LogP contribution in [0.1, 0.15) is 6.42 Å². The summed E-state index contributed by atoms with van der Waals surface area (Å²) in [5.41, 5.74) is 0. The van der Waals surface area contributed by atoms with Crippen LogP contribution in [-0.2, 0) is 4.74 Å². The number of hydrogen-bond acceptors (Lipinski definition) is 3. The highest BCUT2D eigenvalue weighted by molar-refractivity contribution is 5.70. The van der Waals surface area contributed by atoms with Crippen LogP contribution in [0.2, 0.25) is 0 Å². The average Bonchev–Trinajstić information content (AvgIpc) is 2.30. The second kappa shape index (κ2) is 2.37. The molecule has 0 radical (unpaired) electrons. The summed E-state index contributed by atoms with van der Waals surface area (Å²) in [5.74, 6) is 0. The lowest BCUT2D eigenvalue weighted by atomic mass is 10.0. The van der Waals surface area contributed by atoms with Crippen molar-refractivity contribution < 1.29 is 9.53 Å². The van der Waals surface area contributed by atoms with Gasteiger partial charge in [0.25, 0.3) is 0 Å². The van der Waals surface area contributed by atoms with Crippen molar-refractivity contribution in [1.29, 1.82) is 0 Å². The van der Waals surface area contributed by atoms with E-state index >= 15 is 0 Å². The summed E-state index contributed by atoms with van der Waals surface area (Å²) >= 11 is 0. The van der Waals surface area contributed by atoms with Gasteiger partial charge in [-0.15, -0.1) is 0 Å². The van der Waals surface area contributed by atoms with Gasteiger partial charge in [-0.3, -0.25) is 0 Å². The monoisotopic (exact) mass is 156 g/mol. The van der Waals surface area contributed by atoms with Gasteiger partial charge in [0.1, 0.15) is 6.10 Å². The highest BCUT2D eigenvalue weighted by Gasteiger charge is 2.40. The predicted octanol–water partition coefficient (Wildman–Crippen LogP) is -0.201. The zero-order valence-corrected chi connectivity index (χ0v) is 6.54. The van der Waals surface area contributed by atoms with Crippen molar-refractivity contribution in [3.05, 3.63) is 0 Å². The average molecular weight is 156 g/mol. The third-order valence-electron chi connectivity index (χ3n) is 2.43. The molecule has 0 bridgehead atoms. The Balaban J connectivity index is 2.11. The molecule has 0 aromatic carbocycles. The molecule has 0 spiro atoms. The smallest absolute Gasteiger partial charge is 0.410 e. The quantitative estimate of drug-likeness (QED) is 0.528. The molecule has 11 heavy (non-hydrogen) atoms. The molecule has 0 saturated carbocycles. The zero-order chi connectivity index (χ0) is 7.84. The van der Waals surface area contributed by atoms with Gasteiger partial charge in [-0.25, -0.2) is 4.79 Å². The Bertz CT molecular complexity index is 183. The number of nitrogens with zero attached hydrogens (tertiary/aromatic N) is 1. The number of amides is 1. The Hall–Kier alpha value is -0.770. The van der Waals surface area contributed by atoms with Crippen molar-refractivity contribution in [3.8, 4) is 0 Å². The van der Waals surface area contributed by atoms with Crippen molar-refractivity contribution >= 4 is 6.09 Å². The maximum Gasteiger partial charge on any atom is 0.410 e. The fraction of sp³-hybridized carbons (Fsp3) is 0.857. The molecule has 0 aromatic heterocycles. The first-order chi connectivity index (χ1) is 5.29. The largest absolute Gasteiger partial charge is 0.443 e. The number of ether oxygens (including phenoxy) is 1. The Labute approximate surface area is 65.5 Å². The van der Waals surface area contributed by atoms with Crippen LogP contribution in [0.4, 0.5) is 4.79 Å². The number of hydrogen-bond donors (Lipinski definition) is 1. The maximum absolute atomic E-state index is 11.0. The Kier molecular flexibility index (Phi) is 1.49. The van der Waals surface area contributed by atoms with Crippen LogP contribution in [0.15, 0.2) is 0 Å². The van der Waals surface area contributed by atoms with Crippen molar-refractivity contribution in [2.45, 2.75) is 18.6 Å². The molecule has 2 rings (SSSR count). The van der Waals surface area contributed by atoms with Crippen molar-refractivity contribution in [2.24, 2.45) is 0 Å². The number of nitrogens with one attached hydrogen (secondary N) is 1. The van der Waals surface area contributed by atoms with Crippen LogP contribution in [0.3, 0.4) is 0 Å². The summed E-state index contributed by atoms with van der Waals surface area (Å²) in [5, 5.41) is 3.19. The molecule has 2 unspecified atom stereocenters. The van der Waals surface area contributed by atoms with Crippen molar-refractivity contribution in [2.75, 3.05) is 20.1 Å². The number of likely N-dealkylation sites (N-methyl/N-ethyl adjacent to an activating group) is 1. The highest BCUT2D eigenvalue weighted by atomic mass is 16.6. The van der Waals surface area contributed by atoms with Gasteiger partial charge in [0, 0.05) is 13.6 Å². The van der Waals surface area contributed by atoms with E-state index in [2.05, 4.69) is 5.32 Å². The summed E-state index contributed by atoms with van der Waals surface area (Å²) in [7, 11) is 1.80. The first-order valence-electron chi connectivity index (χ1n) is 3.93. The Morgan fingerprint density at radius 3 is 3.27 bits per heavy atom. The molecule has 0 aromatic rings. The van der Waals surface area contributed by atoms with Crippen LogP contribution < -0.4 is 5.32 Å². The lowest BCUT2D eigenvalue weighted by molar-refractivity contribution is 0.121. The van der Waals surface area contributed by atoms with E-state index in [0.717, 1.165) is 19.5 Å². The number of piperidine rings is 1. The molecular formula is C7H12N2O2. The van der Waals surface area contributed by atoms with E-state index in [-0.39, 0.29) is 12.2 Å². The maximum atomic E-state index is 11.0. The van der Waals surface area contributed by atoms with Gasteiger partial charge in [0.05, 0.1) is 6.04 Å². The lowest BCUT2D eigenvalue weighted by Crippen LogP contribution is -2.46. The van der Waals surface area contributed by atoms with Gasteiger partial charge in [0.15, 0.2) is 0 Å².